The molecule has 0 unspecified atom stereocenters. The minimum absolute atomic E-state index is 0.0614. The molecule has 0 spiro atoms. The van der Waals surface area contributed by atoms with Gasteiger partial charge in [0.1, 0.15) is 0 Å². The quantitative estimate of drug-likeness (QED) is 0.535. The molecule has 0 aliphatic rings. The van der Waals surface area contributed by atoms with Gasteiger partial charge < -0.3 is 15.7 Å². The van der Waals surface area contributed by atoms with Crippen LogP contribution in [0.3, 0.4) is 0 Å². The van der Waals surface area contributed by atoms with E-state index in [4.69, 9.17) is 5.11 Å². The number of rotatable bonds is 10. The minimum Gasteiger partial charge on any atom is -0.481 e. The highest BCUT2D eigenvalue weighted by atomic mass is 16.4. The van der Waals surface area contributed by atoms with Crippen molar-refractivity contribution in [2.24, 2.45) is 5.41 Å². The van der Waals surface area contributed by atoms with Gasteiger partial charge in [-0.1, -0.05) is 33.6 Å². The maximum absolute atomic E-state index is 11.6. The van der Waals surface area contributed by atoms with Crippen molar-refractivity contribution in [1.82, 2.24) is 10.6 Å². The number of nitrogens with one attached hydrogen (secondary N) is 2. The maximum Gasteiger partial charge on any atom is 0.303 e. The first-order chi connectivity index (χ1) is 9.73. The van der Waals surface area contributed by atoms with Gasteiger partial charge in [0.15, 0.2) is 0 Å². The lowest BCUT2D eigenvalue weighted by atomic mass is 9.96. The molecule has 0 aromatic rings. The van der Waals surface area contributed by atoms with E-state index in [2.05, 4.69) is 10.6 Å². The largest absolute Gasteiger partial charge is 0.481 e. The number of carbonyl (C=O) groups is 3. The van der Waals surface area contributed by atoms with Crippen molar-refractivity contribution in [3.63, 3.8) is 0 Å². The summed E-state index contributed by atoms with van der Waals surface area (Å²) in [6.07, 6.45) is 3.79. The second-order valence-electron chi connectivity index (χ2n) is 6.16. The molecule has 6 nitrogen and oxygen atoms in total. The first kappa shape index (κ1) is 19.4. The standard InChI is InChI=1S/C15H28N2O4/c1-15(2,3)14(21)17-11-9-12(18)16-10-7-5-4-6-8-13(19)20/h4-11H2,1-3H3,(H,16,18)(H,17,21)(H,19,20). The van der Waals surface area contributed by atoms with E-state index < -0.39 is 11.4 Å². The fourth-order valence-electron chi connectivity index (χ4n) is 1.63. The van der Waals surface area contributed by atoms with Crippen molar-refractivity contribution in [3.05, 3.63) is 0 Å². The van der Waals surface area contributed by atoms with Gasteiger partial charge in [-0.15, -0.1) is 0 Å². The van der Waals surface area contributed by atoms with Crippen LogP contribution in [0.1, 0.15) is 59.3 Å². The molecule has 2 amide bonds. The van der Waals surface area contributed by atoms with Crippen LogP contribution >= 0.6 is 0 Å². The van der Waals surface area contributed by atoms with Crippen LogP contribution < -0.4 is 10.6 Å². The molecule has 0 saturated heterocycles. The summed E-state index contributed by atoms with van der Waals surface area (Å²) in [4.78, 5) is 33.4. The SMILES string of the molecule is CC(C)(C)C(=O)NCCC(=O)NCCCCCCC(=O)O. The van der Waals surface area contributed by atoms with E-state index in [1.165, 1.54) is 0 Å². The molecule has 0 aliphatic carbocycles. The predicted molar refractivity (Wildman–Crippen MR) is 80.8 cm³/mol. The molecule has 0 radical (unpaired) electrons. The van der Waals surface area contributed by atoms with Gasteiger partial charge in [0, 0.05) is 31.3 Å². The summed E-state index contributed by atoms with van der Waals surface area (Å²) < 4.78 is 0. The van der Waals surface area contributed by atoms with Crippen LogP contribution in [0.4, 0.5) is 0 Å². The van der Waals surface area contributed by atoms with Crippen LogP contribution in [0, 0.1) is 5.41 Å². The number of aliphatic carboxylic acids is 1. The number of carboxylic acid groups (broad SMARTS) is 1. The van der Waals surface area contributed by atoms with Crippen LogP contribution in [0.5, 0.6) is 0 Å². The number of carboxylic acids is 1. The predicted octanol–water partition coefficient (Wildman–Crippen LogP) is 1.69. The molecule has 0 aromatic heterocycles. The molecule has 0 atom stereocenters. The van der Waals surface area contributed by atoms with Gasteiger partial charge in [-0.3, -0.25) is 14.4 Å². The van der Waals surface area contributed by atoms with Gasteiger partial charge in [0.2, 0.25) is 11.8 Å². The average Bonchev–Trinajstić information content (AvgIpc) is 2.36. The Morgan fingerprint density at radius 3 is 2.05 bits per heavy atom. The van der Waals surface area contributed by atoms with Crippen LogP contribution in [0.2, 0.25) is 0 Å². The van der Waals surface area contributed by atoms with E-state index in [9.17, 15) is 14.4 Å². The molecular weight excluding hydrogens is 272 g/mol. The highest BCUT2D eigenvalue weighted by molar-refractivity contribution is 5.82. The zero-order valence-corrected chi connectivity index (χ0v) is 13.3. The summed E-state index contributed by atoms with van der Waals surface area (Å²) in [5.41, 5.74) is -0.438. The maximum atomic E-state index is 11.6. The van der Waals surface area contributed by atoms with Gasteiger partial charge in [-0.25, -0.2) is 0 Å². The second kappa shape index (κ2) is 10.2. The molecule has 0 aliphatic heterocycles. The van der Waals surface area contributed by atoms with Crippen molar-refractivity contribution in [3.8, 4) is 0 Å². The lowest BCUT2D eigenvalue weighted by Gasteiger charge is -2.17. The Balaban J connectivity index is 3.47. The molecule has 0 aromatic carbocycles. The minimum atomic E-state index is -0.763. The zero-order valence-electron chi connectivity index (χ0n) is 13.3. The van der Waals surface area contributed by atoms with Gasteiger partial charge in [0.25, 0.3) is 0 Å². The lowest BCUT2D eigenvalue weighted by Crippen LogP contribution is -2.37. The highest BCUT2D eigenvalue weighted by Crippen LogP contribution is 2.12. The molecule has 0 fully saturated rings. The summed E-state index contributed by atoms with van der Waals surface area (Å²) in [6.45, 7) is 6.42. The lowest BCUT2D eigenvalue weighted by molar-refractivity contribution is -0.137. The third-order valence-corrected chi connectivity index (χ3v) is 2.96. The van der Waals surface area contributed by atoms with Crippen LogP contribution in [-0.2, 0) is 14.4 Å². The monoisotopic (exact) mass is 300 g/mol. The third-order valence-electron chi connectivity index (χ3n) is 2.96. The smallest absolute Gasteiger partial charge is 0.303 e. The van der Waals surface area contributed by atoms with E-state index in [-0.39, 0.29) is 24.7 Å². The first-order valence-electron chi connectivity index (χ1n) is 7.50. The Kier molecular flexibility index (Phi) is 9.41. The number of hydrogen-bond acceptors (Lipinski definition) is 3. The van der Waals surface area contributed by atoms with Crippen molar-refractivity contribution < 1.29 is 19.5 Å². The Morgan fingerprint density at radius 1 is 0.857 bits per heavy atom. The summed E-state index contributed by atoms with van der Waals surface area (Å²) >= 11 is 0. The van der Waals surface area contributed by atoms with Crippen molar-refractivity contribution in [1.29, 1.82) is 0 Å². The van der Waals surface area contributed by atoms with Crippen LogP contribution in [0.15, 0.2) is 0 Å². The van der Waals surface area contributed by atoms with Gasteiger partial charge in [-0.05, 0) is 12.8 Å². The van der Waals surface area contributed by atoms with Gasteiger partial charge >= 0.3 is 5.97 Å². The van der Waals surface area contributed by atoms with Crippen LogP contribution in [0.25, 0.3) is 0 Å². The van der Waals surface area contributed by atoms with E-state index in [0.717, 1.165) is 19.3 Å². The molecule has 0 rings (SSSR count). The Labute approximate surface area is 126 Å². The average molecular weight is 300 g/mol. The molecular formula is C15H28N2O4. The summed E-state index contributed by atoms with van der Waals surface area (Å²) in [7, 11) is 0. The normalized spacial score (nSPS) is 11.0. The highest BCUT2D eigenvalue weighted by Gasteiger charge is 2.20. The Morgan fingerprint density at radius 2 is 1.48 bits per heavy atom. The van der Waals surface area contributed by atoms with Gasteiger partial charge in [-0.2, -0.15) is 0 Å². The fraction of sp³-hybridized carbons (Fsp3) is 0.800. The Hall–Kier alpha value is -1.59. The number of unbranched alkanes of at least 4 members (excludes halogenated alkanes) is 3. The summed E-state index contributed by atoms with van der Waals surface area (Å²) in [5, 5.41) is 14.0. The second-order valence-corrected chi connectivity index (χ2v) is 6.16. The topological polar surface area (TPSA) is 95.5 Å². The molecule has 0 saturated carbocycles. The number of hydrogen-bond donors (Lipinski definition) is 3. The van der Waals surface area contributed by atoms with Crippen molar-refractivity contribution in [2.75, 3.05) is 13.1 Å². The zero-order chi connectivity index (χ0) is 16.3. The molecule has 122 valence electrons. The molecule has 3 N–H and O–H groups in total. The molecule has 0 bridgehead atoms. The van der Waals surface area contributed by atoms with Crippen molar-refractivity contribution in [2.45, 2.75) is 59.3 Å². The summed E-state index contributed by atoms with van der Waals surface area (Å²) in [6, 6.07) is 0. The van der Waals surface area contributed by atoms with E-state index in [1.807, 2.05) is 20.8 Å². The number of carbonyl (C=O) groups excluding carboxylic acids is 2. The van der Waals surface area contributed by atoms with E-state index in [0.29, 0.717) is 19.5 Å². The Bertz CT molecular complexity index is 348. The van der Waals surface area contributed by atoms with Gasteiger partial charge in [0.05, 0.1) is 0 Å². The fourth-order valence-corrected chi connectivity index (χ4v) is 1.63. The summed E-state index contributed by atoms with van der Waals surface area (Å²) in [5.74, 6) is -0.899. The molecule has 6 heteroatoms. The van der Waals surface area contributed by atoms with E-state index >= 15 is 0 Å². The third kappa shape index (κ3) is 11.9. The number of amides is 2. The molecule has 0 heterocycles. The van der Waals surface area contributed by atoms with E-state index in [1.54, 1.807) is 0 Å². The van der Waals surface area contributed by atoms with Crippen LogP contribution in [-0.4, -0.2) is 36.0 Å². The first-order valence-corrected chi connectivity index (χ1v) is 7.50. The van der Waals surface area contributed by atoms with Crippen molar-refractivity contribution >= 4 is 17.8 Å². The molecule has 21 heavy (non-hydrogen) atoms.